The zero-order valence-corrected chi connectivity index (χ0v) is 9.48. The maximum Gasteiger partial charge on any atom is 0.326 e. The van der Waals surface area contributed by atoms with E-state index in [1.54, 1.807) is 0 Å². The highest BCUT2D eigenvalue weighted by molar-refractivity contribution is 5.84. The average Bonchev–Trinajstić information content (AvgIpc) is 2.99. The minimum absolute atomic E-state index is 0.273. The van der Waals surface area contributed by atoms with Gasteiger partial charge in [-0.25, -0.2) is 0 Å². The number of rotatable bonds is 4. The highest BCUT2D eigenvalue weighted by Crippen LogP contribution is 2.44. The zero-order chi connectivity index (χ0) is 11.6. The summed E-state index contributed by atoms with van der Waals surface area (Å²) < 4.78 is 4.70. The normalized spacial score (nSPS) is 27.5. The molecule has 0 aromatic heterocycles. The van der Waals surface area contributed by atoms with Crippen molar-refractivity contribution in [3.05, 3.63) is 35.9 Å². The van der Waals surface area contributed by atoms with Gasteiger partial charge in [0, 0.05) is 0 Å². The minimum Gasteiger partial charge on any atom is -0.468 e. The van der Waals surface area contributed by atoms with Crippen LogP contribution < -0.4 is 5.73 Å². The molecule has 2 rings (SSSR count). The molecular formula is C13H17NO2. The van der Waals surface area contributed by atoms with Crippen molar-refractivity contribution in [2.24, 2.45) is 11.7 Å². The van der Waals surface area contributed by atoms with Gasteiger partial charge in [0.2, 0.25) is 0 Å². The number of aryl methyl sites for hydroxylation is 1. The van der Waals surface area contributed by atoms with Crippen LogP contribution in [0.15, 0.2) is 30.3 Å². The van der Waals surface area contributed by atoms with Gasteiger partial charge in [0.25, 0.3) is 0 Å². The van der Waals surface area contributed by atoms with Crippen LogP contribution in [0, 0.1) is 5.92 Å². The van der Waals surface area contributed by atoms with Crippen LogP contribution in [-0.4, -0.2) is 18.6 Å². The Bertz CT molecular complexity index is 377. The summed E-state index contributed by atoms with van der Waals surface area (Å²) in [5, 5.41) is 0. The van der Waals surface area contributed by atoms with Crippen molar-refractivity contribution < 1.29 is 9.53 Å². The standard InChI is InChI=1S/C13H17NO2/c1-16-12(15)13(14)9-11(13)8-7-10-5-3-2-4-6-10/h2-6,11H,7-9,14H2,1H3/t11?,13-/m0/s1. The first-order valence-corrected chi connectivity index (χ1v) is 5.58. The Hall–Kier alpha value is -1.35. The van der Waals surface area contributed by atoms with Crippen LogP contribution >= 0.6 is 0 Å². The van der Waals surface area contributed by atoms with E-state index in [0.29, 0.717) is 0 Å². The fourth-order valence-corrected chi connectivity index (χ4v) is 2.13. The first-order valence-electron chi connectivity index (χ1n) is 5.58. The van der Waals surface area contributed by atoms with E-state index in [4.69, 9.17) is 10.5 Å². The second-order valence-corrected chi connectivity index (χ2v) is 4.46. The molecule has 1 saturated carbocycles. The maximum absolute atomic E-state index is 11.4. The number of carbonyl (C=O) groups excluding carboxylic acids is 1. The quantitative estimate of drug-likeness (QED) is 0.781. The predicted octanol–water partition coefficient (Wildman–Crippen LogP) is 1.51. The fourth-order valence-electron chi connectivity index (χ4n) is 2.13. The molecule has 0 radical (unpaired) electrons. The molecule has 0 heterocycles. The molecule has 0 aliphatic heterocycles. The highest BCUT2D eigenvalue weighted by Gasteiger charge is 2.57. The van der Waals surface area contributed by atoms with Gasteiger partial charge in [-0.1, -0.05) is 30.3 Å². The predicted molar refractivity (Wildman–Crippen MR) is 61.8 cm³/mol. The van der Waals surface area contributed by atoms with Crippen LogP contribution in [0.25, 0.3) is 0 Å². The Kier molecular flexibility index (Phi) is 2.97. The molecule has 3 nitrogen and oxygen atoms in total. The van der Waals surface area contributed by atoms with E-state index >= 15 is 0 Å². The molecule has 1 aromatic carbocycles. The lowest BCUT2D eigenvalue weighted by atomic mass is 10.1. The van der Waals surface area contributed by atoms with Gasteiger partial charge in [0.1, 0.15) is 5.54 Å². The number of benzene rings is 1. The number of nitrogens with two attached hydrogens (primary N) is 1. The van der Waals surface area contributed by atoms with Crippen molar-refractivity contribution in [3.8, 4) is 0 Å². The van der Waals surface area contributed by atoms with Gasteiger partial charge in [0.15, 0.2) is 0 Å². The molecule has 86 valence electrons. The lowest BCUT2D eigenvalue weighted by molar-refractivity contribution is -0.143. The van der Waals surface area contributed by atoms with Crippen LogP contribution in [0.4, 0.5) is 0 Å². The smallest absolute Gasteiger partial charge is 0.326 e. The Labute approximate surface area is 95.6 Å². The van der Waals surface area contributed by atoms with Gasteiger partial charge in [-0.3, -0.25) is 4.79 Å². The second kappa shape index (κ2) is 4.26. The SMILES string of the molecule is COC(=O)[C@]1(N)CC1CCc1ccccc1. The topological polar surface area (TPSA) is 52.3 Å². The number of methoxy groups -OCH3 is 1. The molecule has 3 heteroatoms. The van der Waals surface area contributed by atoms with E-state index in [9.17, 15) is 4.79 Å². The average molecular weight is 219 g/mol. The zero-order valence-electron chi connectivity index (χ0n) is 9.48. The minimum atomic E-state index is -0.705. The van der Waals surface area contributed by atoms with Crippen LogP contribution in [0.2, 0.25) is 0 Å². The number of esters is 1. The summed E-state index contributed by atoms with van der Waals surface area (Å²) in [7, 11) is 1.39. The van der Waals surface area contributed by atoms with E-state index < -0.39 is 5.54 Å². The van der Waals surface area contributed by atoms with E-state index in [1.807, 2.05) is 18.2 Å². The molecule has 0 bridgehead atoms. The van der Waals surface area contributed by atoms with Gasteiger partial charge in [0.05, 0.1) is 7.11 Å². The highest BCUT2D eigenvalue weighted by atomic mass is 16.5. The first kappa shape index (κ1) is 11.1. The summed E-state index contributed by atoms with van der Waals surface area (Å²) in [5.41, 5.74) is 6.52. The Balaban J connectivity index is 1.84. The van der Waals surface area contributed by atoms with Crippen LogP contribution in [0.1, 0.15) is 18.4 Å². The third-order valence-electron chi connectivity index (χ3n) is 3.34. The summed E-state index contributed by atoms with van der Waals surface area (Å²) >= 11 is 0. The molecule has 1 fully saturated rings. The summed E-state index contributed by atoms with van der Waals surface area (Å²) in [6, 6.07) is 10.2. The van der Waals surface area contributed by atoms with Crippen LogP contribution in [0.5, 0.6) is 0 Å². The lowest BCUT2D eigenvalue weighted by Gasteiger charge is -2.08. The molecule has 0 spiro atoms. The van der Waals surface area contributed by atoms with E-state index in [-0.39, 0.29) is 11.9 Å². The molecule has 2 N–H and O–H groups in total. The summed E-state index contributed by atoms with van der Waals surface area (Å²) in [6.07, 6.45) is 2.68. The van der Waals surface area contributed by atoms with Crippen molar-refractivity contribution in [3.63, 3.8) is 0 Å². The van der Waals surface area contributed by atoms with Crippen molar-refractivity contribution in [2.45, 2.75) is 24.8 Å². The number of hydrogen-bond donors (Lipinski definition) is 1. The molecule has 0 saturated heterocycles. The van der Waals surface area contributed by atoms with Crippen molar-refractivity contribution in [2.75, 3.05) is 7.11 Å². The fraction of sp³-hybridized carbons (Fsp3) is 0.462. The third-order valence-corrected chi connectivity index (χ3v) is 3.34. The maximum atomic E-state index is 11.4. The van der Waals surface area contributed by atoms with Gasteiger partial charge < -0.3 is 10.5 Å². The van der Waals surface area contributed by atoms with Crippen LogP contribution in [0.3, 0.4) is 0 Å². The Morgan fingerprint density at radius 2 is 2.19 bits per heavy atom. The third kappa shape index (κ3) is 2.09. The summed E-state index contributed by atoms with van der Waals surface area (Å²) in [4.78, 5) is 11.4. The lowest BCUT2D eigenvalue weighted by Crippen LogP contribution is -2.36. The monoisotopic (exact) mass is 219 g/mol. The first-order chi connectivity index (χ1) is 7.66. The van der Waals surface area contributed by atoms with Gasteiger partial charge >= 0.3 is 5.97 Å². The molecule has 1 unspecified atom stereocenters. The van der Waals surface area contributed by atoms with E-state index in [2.05, 4.69) is 12.1 Å². The number of hydrogen-bond acceptors (Lipinski definition) is 3. The Morgan fingerprint density at radius 1 is 1.50 bits per heavy atom. The summed E-state index contributed by atoms with van der Waals surface area (Å²) in [5.74, 6) is 0.00529. The van der Waals surface area contributed by atoms with Crippen molar-refractivity contribution >= 4 is 5.97 Å². The molecule has 1 aliphatic carbocycles. The molecular weight excluding hydrogens is 202 g/mol. The largest absolute Gasteiger partial charge is 0.468 e. The molecule has 2 atom stereocenters. The van der Waals surface area contributed by atoms with Gasteiger partial charge in [-0.15, -0.1) is 0 Å². The van der Waals surface area contributed by atoms with E-state index in [1.165, 1.54) is 12.7 Å². The van der Waals surface area contributed by atoms with Crippen molar-refractivity contribution in [1.29, 1.82) is 0 Å². The van der Waals surface area contributed by atoms with Gasteiger partial charge in [-0.2, -0.15) is 0 Å². The number of carbonyl (C=O) groups is 1. The molecule has 16 heavy (non-hydrogen) atoms. The van der Waals surface area contributed by atoms with Gasteiger partial charge in [-0.05, 0) is 30.7 Å². The second-order valence-electron chi connectivity index (χ2n) is 4.46. The Morgan fingerprint density at radius 3 is 2.81 bits per heavy atom. The van der Waals surface area contributed by atoms with E-state index in [0.717, 1.165) is 19.3 Å². The molecule has 1 aliphatic rings. The molecule has 1 aromatic rings. The summed E-state index contributed by atoms with van der Waals surface area (Å²) in [6.45, 7) is 0. The van der Waals surface area contributed by atoms with Crippen LogP contribution in [-0.2, 0) is 16.0 Å². The number of ether oxygens (including phenoxy) is 1. The van der Waals surface area contributed by atoms with Crippen molar-refractivity contribution in [1.82, 2.24) is 0 Å². The molecule has 0 amide bonds.